The van der Waals surface area contributed by atoms with Gasteiger partial charge in [0.2, 0.25) is 0 Å². The fourth-order valence-electron chi connectivity index (χ4n) is 2.20. The zero-order chi connectivity index (χ0) is 14.7. The standard InChI is InChI=1S/C18H22FN/c1-12(2)15-6-5-7-17(10-15)20-14(4)16-9-8-13(3)18(19)11-16/h5-12,14,20H,1-4H3. The van der Waals surface area contributed by atoms with E-state index in [1.54, 1.807) is 13.0 Å². The molecule has 0 amide bonds. The molecule has 1 N–H and O–H groups in total. The Morgan fingerprint density at radius 1 is 0.950 bits per heavy atom. The van der Waals surface area contributed by atoms with Gasteiger partial charge in [-0.2, -0.15) is 0 Å². The van der Waals surface area contributed by atoms with Crippen LogP contribution in [0.5, 0.6) is 0 Å². The summed E-state index contributed by atoms with van der Waals surface area (Å²) in [7, 11) is 0. The van der Waals surface area contributed by atoms with Crippen molar-refractivity contribution in [2.24, 2.45) is 0 Å². The summed E-state index contributed by atoms with van der Waals surface area (Å²) >= 11 is 0. The highest BCUT2D eigenvalue weighted by Gasteiger charge is 2.08. The number of hydrogen-bond donors (Lipinski definition) is 1. The molecule has 0 spiro atoms. The van der Waals surface area contributed by atoms with Gasteiger partial charge in [-0.15, -0.1) is 0 Å². The summed E-state index contributed by atoms with van der Waals surface area (Å²) in [5.74, 6) is 0.357. The molecule has 1 nitrogen and oxygen atoms in total. The lowest BCUT2D eigenvalue weighted by Crippen LogP contribution is -2.07. The van der Waals surface area contributed by atoms with Crippen LogP contribution in [-0.2, 0) is 0 Å². The van der Waals surface area contributed by atoms with Crippen LogP contribution in [0.25, 0.3) is 0 Å². The van der Waals surface area contributed by atoms with Crippen LogP contribution >= 0.6 is 0 Å². The number of anilines is 1. The van der Waals surface area contributed by atoms with E-state index < -0.39 is 0 Å². The van der Waals surface area contributed by atoms with Gasteiger partial charge in [-0.3, -0.25) is 0 Å². The highest BCUT2D eigenvalue weighted by atomic mass is 19.1. The van der Waals surface area contributed by atoms with E-state index in [-0.39, 0.29) is 11.9 Å². The molecule has 0 aliphatic heterocycles. The Bertz CT molecular complexity index is 590. The molecule has 2 aromatic rings. The van der Waals surface area contributed by atoms with Crippen molar-refractivity contribution in [2.45, 2.75) is 39.7 Å². The molecule has 0 aliphatic rings. The lowest BCUT2D eigenvalue weighted by atomic mass is 10.0. The van der Waals surface area contributed by atoms with Crippen LogP contribution in [0.4, 0.5) is 10.1 Å². The Kier molecular flexibility index (Phi) is 4.43. The second kappa shape index (κ2) is 6.08. The summed E-state index contributed by atoms with van der Waals surface area (Å²) in [5.41, 5.74) is 4.02. The summed E-state index contributed by atoms with van der Waals surface area (Å²) in [5, 5.41) is 3.43. The third-order valence-electron chi connectivity index (χ3n) is 3.63. The summed E-state index contributed by atoms with van der Waals surface area (Å²) in [6, 6.07) is 13.9. The minimum atomic E-state index is -0.146. The third kappa shape index (κ3) is 3.38. The first-order valence-electron chi connectivity index (χ1n) is 7.10. The van der Waals surface area contributed by atoms with Crippen LogP contribution < -0.4 is 5.32 Å². The maximum Gasteiger partial charge on any atom is 0.126 e. The maximum absolute atomic E-state index is 13.6. The van der Waals surface area contributed by atoms with Gasteiger partial charge < -0.3 is 5.32 Å². The van der Waals surface area contributed by atoms with Crippen molar-refractivity contribution in [3.8, 4) is 0 Å². The molecule has 2 aromatic carbocycles. The van der Waals surface area contributed by atoms with Gasteiger partial charge in [-0.05, 0) is 54.7 Å². The lowest BCUT2D eigenvalue weighted by molar-refractivity contribution is 0.614. The summed E-state index contributed by atoms with van der Waals surface area (Å²) in [6.07, 6.45) is 0. The average Bonchev–Trinajstić information content (AvgIpc) is 2.42. The minimum absolute atomic E-state index is 0.0764. The van der Waals surface area contributed by atoms with Crippen LogP contribution in [0.3, 0.4) is 0 Å². The first-order valence-corrected chi connectivity index (χ1v) is 7.10. The van der Waals surface area contributed by atoms with Crippen molar-refractivity contribution >= 4 is 5.69 Å². The van der Waals surface area contributed by atoms with Gasteiger partial charge in [0.05, 0.1) is 0 Å². The quantitative estimate of drug-likeness (QED) is 0.781. The molecule has 2 rings (SSSR count). The van der Waals surface area contributed by atoms with Gasteiger partial charge in [0.15, 0.2) is 0 Å². The van der Waals surface area contributed by atoms with Crippen LogP contribution in [-0.4, -0.2) is 0 Å². The molecule has 2 heteroatoms. The van der Waals surface area contributed by atoms with Crippen molar-refractivity contribution in [3.63, 3.8) is 0 Å². The highest BCUT2D eigenvalue weighted by Crippen LogP contribution is 2.24. The average molecular weight is 271 g/mol. The highest BCUT2D eigenvalue weighted by molar-refractivity contribution is 5.48. The van der Waals surface area contributed by atoms with Crippen LogP contribution in [0.15, 0.2) is 42.5 Å². The molecule has 106 valence electrons. The Morgan fingerprint density at radius 3 is 2.35 bits per heavy atom. The Balaban J connectivity index is 2.16. The maximum atomic E-state index is 13.6. The molecule has 0 saturated carbocycles. The largest absolute Gasteiger partial charge is 0.379 e. The molecule has 0 aliphatic carbocycles. The molecular weight excluding hydrogens is 249 g/mol. The van der Waals surface area contributed by atoms with Gasteiger partial charge in [-0.1, -0.05) is 38.1 Å². The Morgan fingerprint density at radius 2 is 1.70 bits per heavy atom. The molecule has 0 bridgehead atoms. The number of rotatable bonds is 4. The number of aryl methyl sites for hydroxylation is 1. The monoisotopic (exact) mass is 271 g/mol. The summed E-state index contributed by atoms with van der Waals surface area (Å²) < 4.78 is 13.6. The second-order valence-electron chi connectivity index (χ2n) is 5.65. The molecule has 1 atom stereocenters. The molecule has 0 fully saturated rings. The van der Waals surface area contributed by atoms with E-state index in [2.05, 4.69) is 37.4 Å². The molecule has 20 heavy (non-hydrogen) atoms. The SMILES string of the molecule is Cc1ccc(C(C)Nc2cccc(C(C)C)c2)cc1F. The van der Waals surface area contributed by atoms with Crippen LogP contribution in [0.1, 0.15) is 49.4 Å². The van der Waals surface area contributed by atoms with Gasteiger partial charge >= 0.3 is 0 Å². The molecule has 0 heterocycles. The Labute approximate surface area is 120 Å². The zero-order valence-corrected chi connectivity index (χ0v) is 12.6. The van der Waals surface area contributed by atoms with E-state index in [1.165, 1.54) is 5.56 Å². The molecule has 0 saturated heterocycles. The molecule has 0 radical (unpaired) electrons. The summed E-state index contributed by atoms with van der Waals surface area (Å²) in [6.45, 7) is 8.19. The number of halogens is 1. The zero-order valence-electron chi connectivity index (χ0n) is 12.6. The van der Waals surface area contributed by atoms with E-state index in [1.807, 2.05) is 25.1 Å². The fraction of sp³-hybridized carbons (Fsp3) is 0.333. The number of benzene rings is 2. The normalized spacial score (nSPS) is 12.5. The number of hydrogen-bond acceptors (Lipinski definition) is 1. The minimum Gasteiger partial charge on any atom is -0.379 e. The van der Waals surface area contributed by atoms with E-state index in [4.69, 9.17) is 0 Å². The molecule has 1 unspecified atom stereocenters. The number of nitrogens with one attached hydrogen (secondary N) is 1. The van der Waals surface area contributed by atoms with Gasteiger partial charge in [0, 0.05) is 11.7 Å². The molecular formula is C18H22FN. The van der Waals surface area contributed by atoms with Crippen molar-refractivity contribution in [1.29, 1.82) is 0 Å². The van der Waals surface area contributed by atoms with Gasteiger partial charge in [0.25, 0.3) is 0 Å². The topological polar surface area (TPSA) is 12.0 Å². The second-order valence-corrected chi connectivity index (χ2v) is 5.65. The van der Waals surface area contributed by atoms with E-state index in [0.29, 0.717) is 11.5 Å². The first-order chi connectivity index (χ1) is 9.47. The van der Waals surface area contributed by atoms with Crippen molar-refractivity contribution in [1.82, 2.24) is 0 Å². The van der Waals surface area contributed by atoms with Gasteiger partial charge in [0.1, 0.15) is 5.82 Å². The third-order valence-corrected chi connectivity index (χ3v) is 3.63. The van der Waals surface area contributed by atoms with E-state index >= 15 is 0 Å². The van der Waals surface area contributed by atoms with Crippen LogP contribution in [0, 0.1) is 12.7 Å². The lowest BCUT2D eigenvalue weighted by Gasteiger charge is -2.17. The van der Waals surface area contributed by atoms with Crippen LogP contribution in [0.2, 0.25) is 0 Å². The smallest absolute Gasteiger partial charge is 0.126 e. The predicted molar refractivity (Wildman–Crippen MR) is 83.7 cm³/mol. The van der Waals surface area contributed by atoms with Crippen molar-refractivity contribution in [3.05, 3.63) is 65.0 Å². The first kappa shape index (κ1) is 14.6. The summed E-state index contributed by atoms with van der Waals surface area (Å²) in [4.78, 5) is 0. The van der Waals surface area contributed by atoms with Crippen molar-refractivity contribution < 1.29 is 4.39 Å². The fourth-order valence-corrected chi connectivity index (χ4v) is 2.20. The Hall–Kier alpha value is -1.83. The van der Waals surface area contributed by atoms with Crippen molar-refractivity contribution in [2.75, 3.05) is 5.32 Å². The van der Waals surface area contributed by atoms with E-state index in [9.17, 15) is 4.39 Å². The van der Waals surface area contributed by atoms with Gasteiger partial charge in [-0.25, -0.2) is 4.39 Å². The predicted octanol–water partition coefficient (Wildman–Crippen LogP) is 5.43. The van der Waals surface area contributed by atoms with E-state index in [0.717, 1.165) is 11.3 Å². The molecule has 0 aromatic heterocycles.